The Morgan fingerprint density at radius 2 is 1.83 bits per heavy atom. The van der Waals surface area contributed by atoms with Gasteiger partial charge in [0.1, 0.15) is 5.75 Å². The van der Waals surface area contributed by atoms with Crippen molar-refractivity contribution in [2.45, 2.75) is 0 Å². The van der Waals surface area contributed by atoms with E-state index in [2.05, 4.69) is 15.5 Å². The van der Waals surface area contributed by atoms with Crippen LogP contribution in [0.2, 0.25) is 10.0 Å². The molecule has 1 heterocycles. The number of halogens is 2. The number of nitrogens with zero attached hydrogens (tertiary/aromatic N) is 2. The van der Waals surface area contributed by atoms with Crippen molar-refractivity contribution in [1.82, 2.24) is 4.98 Å². The maximum Gasteiger partial charge on any atom is 0.203 e. The lowest BCUT2D eigenvalue weighted by molar-refractivity contribution is 0.477. The number of hydrogen-bond donors (Lipinski definition) is 2. The Labute approximate surface area is 147 Å². The van der Waals surface area contributed by atoms with Gasteiger partial charge in [-0.2, -0.15) is 5.10 Å². The summed E-state index contributed by atoms with van der Waals surface area (Å²) >= 11 is 13.2. The molecule has 2 aromatic carbocycles. The van der Waals surface area contributed by atoms with Gasteiger partial charge in [0.25, 0.3) is 0 Å². The summed E-state index contributed by atoms with van der Waals surface area (Å²) in [5.74, 6) is 0.161. The first-order chi connectivity index (χ1) is 11.1. The van der Waals surface area contributed by atoms with Gasteiger partial charge < -0.3 is 5.11 Å². The van der Waals surface area contributed by atoms with Crippen LogP contribution in [-0.2, 0) is 0 Å². The third-order valence-electron chi connectivity index (χ3n) is 2.97. The second-order valence-electron chi connectivity index (χ2n) is 4.61. The number of anilines is 1. The lowest BCUT2D eigenvalue weighted by Gasteiger charge is -2.01. The molecule has 2 N–H and O–H groups in total. The average Bonchev–Trinajstić information content (AvgIpc) is 3.00. The minimum Gasteiger partial charge on any atom is -0.507 e. The number of thiazole rings is 1. The first-order valence-corrected chi connectivity index (χ1v) is 8.18. The van der Waals surface area contributed by atoms with E-state index in [1.165, 1.54) is 11.3 Å². The maximum absolute atomic E-state index is 9.90. The predicted molar refractivity (Wildman–Crippen MR) is 96.9 cm³/mol. The number of rotatable bonds is 4. The van der Waals surface area contributed by atoms with Gasteiger partial charge in [0, 0.05) is 21.8 Å². The summed E-state index contributed by atoms with van der Waals surface area (Å²) in [6.45, 7) is 0. The van der Waals surface area contributed by atoms with E-state index in [0.29, 0.717) is 20.7 Å². The molecule has 0 aliphatic heterocycles. The number of benzene rings is 2. The second kappa shape index (κ2) is 7.00. The third-order valence-corrected chi connectivity index (χ3v) is 4.40. The normalized spacial score (nSPS) is 11.0. The fraction of sp³-hybridized carbons (Fsp3) is 0. The van der Waals surface area contributed by atoms with E-state index in [9.17, 15) is 5.11 Å². The zero-order valence-corrected chi connectivity index (χ0v) is 14.0. The third kappa shape index (κ3) is 4.01. The molecule has 0 unspecified atom stereocenters. The van der Waals surface area contributed by atoms with E-state index in [0.717, 1.165) is 10.4 Å². The number of hydrazone groups is 1. The number of phenolic OH excluding ortho intramolecular Hbond substituents is 1. The molecule has 3 rings (SSSR count). The van der Waals surface area contributed by atoms with Gasteiger partial charge in [0.2, 0.25) is 5.13 Å². The van der Waals surface area contributed by atoms with Crippen LogP contribution < -0.4 is 5.43 Å². The fourth-order valence-electron chi connectivity index (χ4n) is 1.87. The van der Waals surface area contributed by atoms with Gasteiger partial charge in [-0.15, -0.1) is 0 Å². The molecular formula is C16H11Cl2N3OS. The Balaban J connectivity index is 1.72. The number of aromatic nitrogens is 1. The second-order valence-corrected chi connectivity index (χ2v) is 6.52. The molecule has 0 amide bonds. The highest BCUT2D eigenvalue weighted by molar-refractivity contribution is 7.18. The molecule has 0 aliphatic rings. The highest BCUT2D eigenvalue weighted by atomic mass is 35.5. The minimum absolute atomic E-state index is 0.161. The van der Waals surface area contributed by atoms with Crippen molar-refractivity contribution < 1.29 is 5.11 Å². The average molecular weight is 364 g/mol. The molecule has 23 heavy (non-hydrogen) atoms. The largest absolute Gasteiger partial charge is 0.507 e. The van der Waals surface area contributed by atoms with Gasteiger partial charge in [-0.05, 0) is 35.9 Å². The van der Waals surface area contributed by atoms with E-state index in [1.807, 2.05) is 12.1 Å². The Morgan fingerprint density at radius 1 is 1.09 bits per heavy atom. The topological polar surface area (TPSA) is 57.5 Å². The highest BCUT2D eigenvalue weighted by Crippen LogP contribution is 2.36. The summed E-state index contributed by atoms with van der Waals surface area (Å²) in [6.07, 6.45) is 3.34. The maximum atomic E-state index is 9.90. The summed E-state index contributed by atoms with van der Waals surface area (Å²) in [7, 11) is 0. The summed E-state index contributed by atoms with van der Waals surface area (Å²) in [5, 5.41) is 15.9. The summed E-state index contributed by atoms with van der Waals surface area (Å²) in [4.78, 5) is 5.03. The van der Waals surface area contributed by atoms with Gasteiger partial charge in [-0.25, -0.2) is 4.98 Å². The van der Waals surface area contributed by atoms with Gasteiger partial charge in [0.05, 0.1) is 11.1 Å². The lowest BCUT2D eigenvalue weighted by Crippen LogP contribution is -1.89. The molecule has 0 saturated carbocycles. The van der Waals surface area contributed by atoms with E-state index in [4.69, 9.17) is 23.2 Å². The molecule has 0 bridgehead atoms. The van der Waals surface area contributed by atoms with Gasteiger partial charge in [-0.3, -0.25) is 5.43 Å². The lowest BCUT2D eigenvalue weighted by atomic mass is 10.2. The Kier molecular flexibility index (Phi) is 4.81. The fourth-order valence-corrected chi connectivity index (χ4v) is 2.96. The molecule has 0 aliphatic carbocycles. The predicted octanol–water partition coefficient (Wildman–Crippen LogP) is 5.27. The van der Waals surface area contributed by atoms with Crippen LogP contribution in [0.15, 0.2) is 53.8 Å². The van der Waals surface area contributed by atoms with Crippen LogP contribution in [0.4, 0.5) is 5.13 Å². The molecule has 0 spiro atoms. The Morgan fingerprint density at radius 3 is 2.61 bits per heavy atom. The molecule has 1 aromatic heterocycles. The molecule has 0 saturated heterocycles. The van der Waals surface area contributed by atoms with Crippen molar-refractivity contribution in [2.24, 2.45) is 5.10 Å². The van der Waals surface area contributed by atoms with E-state index < -0.39 is 0 Å². The summed E-state index contributed by atoms with van der Waals surface area (Å²) < 4.78 is 0. The van der Waals surface area contributed by atoms with Crippen LogP contribution in [0.5, 0.6) is 5.75 Å². The van der Waals surface area contributed by atoms with Gasteiger partial charge >= 0.3 is 0 Å². The van der Waals surface area contributed by atoms with Crippen LogP contribution in [-0.4, -0.2) is 16.3 Å². The van der Waals surface area contributed by atoms with Crippen molar-refractivity contribution in [3.8, 4) is 16.2 Å². The zero-order valence-electron chi connectivity index (χ0n) is 11.7. The molecular weight excluding hydrogens is 353 g/mol. The monoisotopic (exact) mass is 363 g/mol. The Hall–Kier alpha value is -2.08. The standard InChI is InChI=1S/C16H11Cl2N3OS/c17-11-3-1-10(2-4-11)8-20-21-16-19-9-15(23-16)13-7-12(18)5-6-14(13)22/h1-9,22H,(H,19,21)/b20-8-. The van der Waals surface area contributed by atoms with Crippen LogP contribution in [0, 0.1) is 0 Å². The summed E-state index contributed by atoms with van der Waals surface area (Å²) in [5.41, 5.74) is 4.43. The van der Waals surface area contributed by atoms with Crippen LogP contribution in [0.3, 0.4) is 0 Å². The quantitative estimate of drug-likeness (QED) is 0.490. The molecule has 0 radical (unpaired) electrons. The van der Waals surface area contributed by atoms with Crippen molar-refractivity contribution in [3.05, 3.63) is 64.3 Å². The molecule has 4 nitrogen and oxygen atoms in total. The smallest absolute Gasteiger partial charge is 0.203 e. The number of hydrogen-bond acceptors (Lipinski definition) is 5. The number of phenols is 1. The van der Waals surface area contributed by atoms with Crippen molar-refractivity contribution in [1.29, 1.82) is 0 Å². The molecule has 116 valence electrons. The Bertz CT molecular complexity index is 847. The van der Waals surface area contributed by atoms with E-state index in [-0.39, 0.29) is 5.75 Å². The van der Waals surface area contributed by atoms with Crippen molar-refractivity contribution in [2.75, 3.05) is 5.43 Å². The van der Waals surface area contributed by atoms with Crippen molar-refractivity contribution >= 4 is 45.9 Å². The molecule has 7 heteroatoms. The molecule has 3 aromatic rings. The van der Waals surface area contributed by atoms with Crippen LogP contribution in [0.25, 0.3) is 10.4 Å². The van der Waals surface area contributed by atoms with E-state index >= 15 is 0 Å². The highest BCUT2D eigenvalue weighted by Gasteiger charge is 2.09. The number of nitrogens with one attached hydrogen (secondary N) is 1. The first-order valence-electron chi connectivity index (χ1n) is 6.61. The zero-order chi connectivity index (χ0) is 16.2. The number of aromatic hydroxyl groups is 1. The molecule has 0 atom stereocenters. The van der Waals surface area contributed by atoms with Crippen LogP contribution in [0.1, 0.15) is 5.56 Å². The van der Waals surface area contributed by atoms with Crippen molar-refractivity contribution in [3.63, 3.8) is 0 Å². The SMILES string of the molecule is Oc1ccc(Cl)cc1-c1cnc(N/N=C\c2ccc(Cl)cc2)s1. The summed E-state index contributed by atoms with van der Waals surface area (Å²) in [6, 6.07) is 12.2. The van der Waals surface area contributed by atoms with Crippen LogP contribution >= 0.6 is 34.5 Å². The minimum atomic E-state index is 0.161. The van der Waals surface area contributed by atoms with Gasteiger partial charge in [0.15, 0.2) is 0 Å². The van der Waals surface area contributed by atoms with Gasteiger partial charge in [-0.1, -0.05) is 46.7 Å². The first kappa shape index (κ1) is 15.8. The molecule has 0 fully saturated rings. The van der Waals surface area contributed by atoms with E-state index in [1.54, 1.807) is 42.7 Å².